The van der Waals surface area contributed by atoms with Crippen molar-refractivity contribution >= 4 is 5.91 Å². The third-order valence-corrected chi connectivity index (χ3v) is 3.99. The number of furan rings is 2. The van der Waals surface area contributed by atoms with Crippen molar-refractivity contribution < 1.29 is 13.6 Å². The zero-order valence-electron chi connectivity index (χ0n) is 12.7. The second kappa shape index (κ2) is 7.31. The highest BCUT2D eigenvalue weighted by Crippen LogP contribution is 2.13. The minimum Gasteiger partial charge on any atom is -0.468 e. The number of piperidine rings is 1. The molecule has 0 spiro atoms. The summed E-state index contributed by atoms with van der Waals surface area (Å²) in [6, 6.07) is 7.60. The van der Waals surface area contributed by atoms with Crippen LogP contribution in [0, 0.1) is 0 Å². The first-order chi connectivity index (χ1) is 10.8. The molecular weight excluding hydrogens is 280 g/mol. The molecule has 1 saturated heterocycles. The summed E-state index contributed by atoms with van der Waals surface area (Å²) in [6.45, 7) is 3.37. The van der Waals surface area contributed by atoms with Gasteiger partial charge in [0.15, 0.2) is 0 Å². The molecule has 5 heteroatoms. The molecule has 0 aliphatic carbocycles. The number of carbonyl (C=O) groups is 1. The summed E-state index contributed by atoms with van der Waals surface area (Å²) in [5.41, 5.74) is 0. The third-order valence-electron chi connectivity index (χ3n) is 3.99. The maximum Gasteiger partial charge on any atom is 0.236 e. The van der Waals surface area contributed by atoms with Gasteiger partial charge in [-0.05, 0) is 43.5 Å². The fraction of sp³-hybridized carbons (Fsp3) is 0.471. The van der Waals surface area contributed by atoms with Crippen LogP contribution in [-0.2, 0) is 17.9 Å². The minimum absolute atomic E-state index is 0.192. The average Bonchev–Trinajstić information content (AvgIpc) is 3.22. The van der Waals surface area contributed by atoms with Gasteiger partial charge in [0.2, 0.25) is 5.91 Å². The lowest BCUT2D eigenvalue weighted by atomic mass is 10.1. The van der Waals surface area contributed by atoms with E-state index in [0.717, 1.165) is 37.5 Å². The molecule has 3 heterocycles. The highest BCUT2D eigenvalue weighted by molar-refractivity contribution is 5.78. The maximum atomic E-state index is 12.5. The van der Waals surface area contributed by atoms with Gasteiger partial charge in [-0.15, -0.1) is 0 Å². The second-order valence-corrected chi connectivity index (χ2v) is 5.75. The van der Waals surface area contributed by atoms with Crippen LogP contribution in [0.1, 0.15) is 30.8 Å². The topological polar surface area (TPSA) is 49.8 Å². The Morgan fingerprint density at radius 3 is 2.09 bits per heavy atom. The first kappa shape index (κ1) is 14.9. The fourth-order valence-corrected chi connectivity index (χ4v) is 2.85. The Labute approximate surface area is 130 Å². The predicted octanol–water partition coefficient (Wildman–Crippen LogP) is 2.89. The smallest absolute Gasteiger partial charge is 0.236 e. The van der Waals surface area contributed by atoms with Crippen molar-refractivity contribution in [2.24, 2.45) is 0 Å². The van der Waals surface area contributed by atoms with Crippen LogP contribution < -0.4 is 0 Å². The average molecular weight is 302 g/mol. The zero-order chi connectivity index (χ0) is 15.2. The lowest BCUT2D eigenvalue weighted by Crippen LogP contribution is -2.42. The number of carbonyl (C=O) groups excluding carboxylic acids is 1. The molecular formula is C17H22N2O3. The van der Waals surface area contributed by atoms with Crippen molar-refractivity contribution in [2.75, 3.05) is 19.6 Å². The highest BCUT2D eigenvalue weighted by atomic mass is 16.3. The van der Waals surface area contributed by atoms with Gasteiger partial charge in [-0.2, -0.15) is 0 Å². The molecule has 1 amide bonds. The van der Waals surface area contributed by atoms with Crippen molar-refractivity contribution in [1.29, 1.82) is 0 Å². The van der Waals surface area contributed by atoms with E-state index in [0.29, 0.717) is 19.6 Å². The van der Waals surface area contributed by atoms with E-state index in [9.17, 15) is 4.79 Å². The summed E-state index contributed by atoms with van der Waals surface area (Å²) in [6.07, 6.45) is 6.77. The Morgan fingerprint density at radius 1 is 1.00 bits per heavy atom. The summed E-state index contributed by atoms with van der Waals surface area (Å²) in [4.78, 5) is 16.5. The van der Waals surface area contributed by atoms with E-state index in [2.05, 4.69) is 4.90 Å². The molecule has 0 atom stereocenters. The van der Waals surface area contributed by atoms with Crippen LogP contribution in [0.15, 0.2) is 45.6 Å². The Balaban J connectivity index is 1.63. The van der Waals surface area contributed by atoms with Gasteiger partial charge in [-0.25, -0.2) is 0 Å². The molecule has 2 aromatic heterocycles. The van der Waals surface area contributed by atoms with E-state index >= 15 is 0 Å². The second-order valence-electron chi connectivity index (χ2n) is 5.75. The predicted molar refractivity (Wildman–Crippen MR) is 82.0 cm³/mol. The van der Waals surface area contributed by atoms with Crippen LogP contribution in [0.5, 0.6) is 0 Å². The van der Waals surface area contributed by atoms with Crippen LogP contribution in [0.4, 0.5) is 0 Å². The van der Waals surface area contributed by atoms with Crippen LogP contribution >= 0.6 is 0 Å². The summed E-state index contributed by atoms with van der Waals surface area (Å²) in [5.74, 6) is 1.91. The van der Waals surface area contributed by atoms with Gasteiger partial charge < -0.3 is 13.7 Å². The van der Waals surface area contributed by atoms with E-state index in [4.69, 9.17) is 8.83 Å². The molecule has 22 heavy (non-hydrogen) atoms. The van der Waals surface area contributed by atoms with E-state index in [-0.39, 0.29) is 5.91 Å². The first-order valence-corrected chi connectivity index (χ1v) is 7.86. The fourth-order valence-electron chi connectivity index (χ4n) is 2.85. The van der Waals surface area contributed by atoms with Crippen molar-refractivity contribution in [2.45, 2.75) is 32.4 Å². The van der Waals surface area contributed by atoms with Crippen molar-refractivity contribution in [3.8, 4) is 0 Å². The molecule has 0 unspecified atom stereocenters. The summed E-state index contributed by atoms with van der Waals surface area (Å²) in [7, 11) is 0. The van der Waals surface area contributed by atoms with Gasteiger partial charge in [0.05, 0.1) is 32.2 Å². The SMILES string of the molecule is O=C(CN(Cc1ccco1)Cc1ccco1)N1CCCCC1. The van der Waals surface area contributed by atoms with Crippen LogP contribution in [0.2, 0.25) is 0 Å². The van der Waals surface area contributed by atoms with E-state index in [1.54, 1.807) is 12.5 Å². The molecule has 1 aliphatic rings. The normalized spacial score (nSPS) is 15.4. The molecule has 0 N–H and O–H groups in total. The maximum absolute atomic E-state index is 12.5. The van der Waals surface area contributed by atoms with Gasteiger partial charge in [0.1, 0.15) is 11.5 Å². The van der Waals surface area contributed by atoms with Crippen molar-refractivity contribution in [3.63, 3.8) is 0 Å². The quantitative estimate of drug-likeness (QED) is 0.823. The van der Waals surface area contributed by atoms with Gasteiger partial charge in [-0.1, -0.05) is 0 Å². The van der Waals surface area contributed by atoms with Gasteiger partial charge in [0, 0.05) is 13.1 Å². The first-order valence-electron chi connectivity index (χ1n) is 7.86. The monoisotopic (exact) mass is 302 g/mol. The number of rotatable bonds is 6. The summed E-state index contributed by atoms with van der Waals surface area (Å²) < 4.78 is 10.8. The molecule has 5 nitrogen and oxygen atoms in total. The molecule has 0 saturated carbocycles. The van der Waals surface area contributed by atoms with Crippen LogP contribution in [0.25, 0.3) is 0 Å². The molecule has 0 aromatic carbocycles. The molecule has 0 radical (unpaired) electrons. The number of likely N-dealkylation sites (tertiary alicyclic amines) is 1. The van der Waals surface area contributed by atoms with E-state index < -0.39 is 0 Å². The lowest BCUT2D eigenvalue weighted by molar-refractivity contribution is -0.133. The van der Waals surface area contributed by atoms with Crippen LogP contribution in [0.3, 0.4) is 0 Å². The Hall–Kier alpha value is -2.01. The Bertz CT molecular complexity index is 521. The van der Waals surface area contributed by atoms with Gasteiger partial charge in [0.25, 0.3) is 0 Å². The zero-order valence-corrected chi connectivity index (χ0v) is 12.7. The third kappa shape index (κ3) is 4.01. The highest BCUT2D eigenvalue weighted by Gasteiger charge is 2.20. The molecule has 3 rings (SSSR count). The Morgan fingerprint density at radius 2 is 1.59 bits per heavy atom. The number of hydrogen-bond acceptors (Lipinski definition) is 4. The lowest BCUT2D eigenvalue weighted by Gasteiger charge is -2.29. The molecule has 0 bridgehead atoms. The number of nitrogens with zero attached hydrogens (tertiary/aromatic N) is 2. The largest absolute Gasteiger partial charge is 0.468 e. The van der Waals surface area contributed by atoms with E-state index in [1.165, 1.54) is 6.42 Å². The summed E-state index contributed by atoms with van der Waals surface area (Å²) in [5, 5.41) is 0. The molecule has 1 aliphatic heterocycles. The van der Waals surface area contributed by atoms with Crippen molar-refractivity contribution in [3.05, 3.63) is 48.3 Å². The molecule has 2 aromatic rings. The van der Waals surface area contributed by atoms with E-state index in [1.807, 2.05) is 29.2 Å². The summed E-state index contributed by atoms with van der Waals surface area (Å²) >= 11 is 0. The van der Waals surface area contributed by atoms with Gasteiger partial charge >= 0.3 is 0 Å². The van der Waals surface area contributed by atoms with Crippen LogP contribution in [-0.4, -0.2) is 35.3 Å². The number of hydrogen-bond donors (Lipinski definition) is 0. The number of amides is 1. The standard InChI is InChI=1S/C17H22N2O3/c20-17(19-8-2-1-3-9-19)14-18(12-15-6-4-10-21-15)13-16-7-5-11-22-16/h4-7,10-11H,1-3,8-9,12-14H2. The van der Waals surface area contributed by atoms with Crippen molar-refractivity contribution in [1.82, 2.24) is 9.80 Å². The minimum atomic E-state index is 0.192. The molecule has 1 fully saturated rings. The molecule has 118 valence electrons. The van der Waals surface area contributed by atoms with Gasteiger partial charge in [-0.3, -0.25) is 9.69 Å². The Kier molecular flexibility index (Phi) is 4.96.